The molecule has 0 unspecified atom stereocenters. The fraction of sp³-hybridized carbons (Fsp3) is 0.375. The second kappa shape index (κ2) is 11.7. The van der Waals surface area contributed by atoms with Gasteiger partial charge in [-0.3, -0.25) is 4.99 Å². The molecule has 0 aliphatic rings. The molecule has 1 aromatic heterocycles. The Morgan fingerprint density at radius 3 is 2.77 bits per heavy atom. The minimum absolute atomic E-state index is 0. The average Bonchev–Trinajstić information content (AvgIpc) is 2.98. The summed E-state index contributed by atoms with van der Waals surface area (Å²) in [5.74, 6) is 0.718. The second-order valence-electron chi connectivity index (χ2n) is 5.10. The van der Waals surface area contributed by atoms with Crippen LogP contribution in [0.3, 0.4) is 0 Å². The van der Waals surface area contributed by atoms with Crippen LogP contribution in [0.5, 0.6) is 5.75 Å². The van der Waals surface area contributed by atoms with Crippen molar-refractivity contribution >= 4 is 57.2 Å². The van der Waals surface area contributed by atoms with Crippen LogP contribution in [0.4, 0.5) is 8.78 Å². The number of ether oxygens (including phenoxy) is 1. The second-order valence-corrected chi connectivity index (χ2v) is 7.33. The molecule has 5 nitrogen and oxygen atoms in total. The smallest absolute Gasteiger partial charge is 0.387 e. The van der Waals surface area contributed by atoms with Crippen molar-refractivity contribution in [2.45, 2.75) is 26.5 Å². The molecule has 0 bridgehead atoms. The molecule has 2 rings (SSSR count). The first-order valence-electron chi connectivity index (χ1n) is 7.57. The summed E-state index contributed by atoms with van der Waals surface area (Å²) in [6.45, 7) is 0.133. The zero-order valence-corrected chi connectivity index (χ0v) is 19.0. The molecule has 26 heavy (non-hydrogen) atoms. The first-order chi connectivity index (χ1) is 12.0. The highest BCUT2D eigenvalue weighted by Crippen LogP contribution is 2.24. The molecule has 0 spiro atoms. The van der Waals surface area contributed by atoms with E-state index in [9.17, 15) is 8.78 Å². The Labute approximate surface area is 180 Å². The molecule has 0 radical (unpaired) electrons. The molecule has 1 heterocycles. The van der Waals surface area contributed by atoms with Crippen molar-refractivity contribution in [3.8, 4) is 5.75 Å². The molecule has 144 valence electrons. The van der Waals surface area contributed by atoms with Gasteiger partial charge in [0, 0.05) is 47.7 Å². The van der Waals surface area contributed by atoms with Gasteiger partial charge in [0.05, 0.1) is 5.01 Å². The van der Waals surface area contributed by atoms with Crippen LogP contribution in [0, 0.1) is 6.92 Å². The summed E-state index contributed by atoms with van der Waals surface area (Å²) in [6.07, 6.45) is 2.64. The standard InChI is InChI=1S/C16H19BrF2N4OS.HI/c1-10-8-22-14(25-10)5-6-21-16(20-2)23-9-11-7-12(17)3-4-13(11)24-15(18)19;/h3-4,7-8,15H,5-6,9H2,1-2H3,(H2,20,21,23);1H. The molecule has 2 N–H and O–H groups in total. The van der Waals surface area contributed by atoms with Crippen LogP contribution in [-0.2, 0) is 13.0 Å². The van der Waals surface area contributed by atoms with E-state index in [1.165, 1.54) is 10.9 Å². The predicted octanol–water partition coefficient (Wildman–Crippen LogP) is 4.34. The number of rotatable bonds is 7. The fourth-order valence-electron chi connectivity index (χ4n) is 2.10. The van der Waals surface area contributed by atoms with E-state index >= 15 is 0 Å². The third-order valence-electron chi connectivity index (χ3n) is 3.21. The molecule has 0 amide bonds. The van der Waals surface area contributed by atoms with Gasteiger partial charge in [-0.25, -0.2) is 4.98 Å². The number of thiazole rings is 1. The van der Waals surface area contributed by atoms with Crippen molar-refractivity contribution in [2.75, 3.05) is 13.6 Å². The van der Waals surface area contributed by atoms with Crippen LogP contribution in [0.2, 0.25) is 0 Å². The summed E-state index contributed by atoms with van der Waals surface area (Å²) >= 11 is 5.00. The van der Waals surface area contributed by atoms with Gasteiger partial charge in [0.25, 0.3) is 0 Å². The predicted molar refractivity (Wildman–Crippen MR) is 115 cm³/mol. The van der Waals surface area contributed by atoms with E-state index < -0.39 is 6.61 Å². The summed E-state index contributed by atoms with van der Waals surface area (Å²) in [7, 11) is 1.65. The Morgan fingerprint density at radius 2 is 2.15 bits per heavy atom. The van der Waals surface area contributed by atoms with E-state index in [0.717, 1.165) is 15.9 Å². The monoisotopic (exact) mass is 560 g/mol. The number of nitrogens with zero attached hydrogens (tertiary/aromatic N) is 2. The van der Waals surface area contributed by atoms with Crippen LogP contribution in [0.1, 0.15) is 15.4 Å². The van der Waals surface area contributed by atoms with Crippen LogP contribution >= 0.6 is 51.2 Å². The van der Waals surface area contributed by atoms with Crippen molar-refractivity contribution < 1.29 is 13.5 Å². The van der Waals surface area contributed by atoms with Crippen molar-refractivity contribution in [3.05, 3.63) is 44.3 Å². The molecule has 1 aromatic carbocycles. The molecule has 0 saturated carbocycles. The number of nitrogens with one attached hydrogen (secondary N) is 2. The SMILES string of the molecule is CN=C(NCCc1ncc(C)s1)NCc1cc(Br)ccc1OC(F)F.I. The van der Waals surface area contributed by atoms with Crippen molar-refractivity contribution in [2.24, 2.45) is 4.99 Å². The largest absolute Gasteiger partial charge is 0.434 e. The number of alkyl halides is 2. The van der Waals surface area contributed by atoms with Crippen LogP contribution in [0.15, 0.2) is 33.9 Å². The lowest BCUT2D eigenvalue weighted by Crippen LogP contribution is -2.38. The highest BCUT2D eigenvalue weighted by molar-refractivity contribution is 14.0. The Balaban J connectivity index is 0.00000338. The molecule has 0 aliphatic heterocycles. The lowest BCUT2D eigenvalue weighted by molar-refractivity contribution is -0.0504. The maximum atomic E-state index is 12.5. The Bertz CT molecular complexity index is 730. The van der Waals surface area contributed by atoms with Gasteiger partial charge >= 0.3 is 6.61 Å². The van der Waals surface area contributed by atoms with E-state index in [4.69, 9.17) is 0 Å². The third kappa shape index (κ3) is 7.70. The average molecular weight is 561 g/mol. The van der Waals surface area contributed by atoms with Gasteiger partial charge in [-0.2, -0.15) is 8.78 Å². The fourth-order valence-corrected chi connectivity index (χ4v) is 3.30. The number of hydrogen-bond acceptors (Lipinski definition) is 4. The molecule has 2 aromatic rings. The lowest BCUT2D eigenvalue weighted by Gasteiger charge is -2.14. The molecule has 0 aliphatic carbocycles. The summed E-state index contributed by atoms with van der Waals surface area (Å²) in [6, 6.07) is 4.90. The highest BCUT2D eigenvalue weighted by atomic mass is 127. The molecule has 0 saturated heterocycles. The number of guanidine groups is 1. The molecular formula is C16H20BrF2IN4OS. The van der Waals surface area contributed by atoms with Gasteiger partial charge in [-0.1, -0.05) is 15.9 Å². The maximum absolute atomic E-state index is 12.5. The number of halogens is 4. The lowest BCUT2D eigenvalue weighted by atomic mass is 10.2. The van der Waals surface area contributed by atoms with E-state index in [2.05, 4.69) is 41.3 Å². The van der Waals surface area contributed by atoms with Crippen molar-refractivity contribution in [3.63, 3.8) is 0 Å². The van der Waals surface area contributed by atoms with Crippen molar-refractivity contribution in [1.29, 1.82) is 0 Å². The summed E-state index contributed by atoms with van der Waals surface area (Å²) in [5, 5.41) is 7.33. The minimum Gasteiger partial charge on any atom is -0.434 e. The first-order valence-corrected chi connectivity index (χ1v) is 9.18. The number of aliphatic imine (C=N–C) groups is 1. The van der Waals surface area contributed by atoms with Gasteiger partial charge in [0.1, 0.15) is 5.75 Å². The van der Waals surface area contributed by atoms with E-state index in [0.29, 0.717) is 24.6 Å². The molecule has 0 fully saturated rings. The summed E-state index contributed by atoms with van der Waals surface area (Å²) < 4.78 is 30.3. The third-order valence-corrected chi connectivity index (χ3v) is 4.67. The topological polar surface area (TPSA) is 58.5 Å². The molecular weight excluding hydrogens is 541 g/mol. The first kappa shape index (κ1) is 23.0. The summed E-state index contributed by atoms with van der Waals surface area (Å²) in [4.78, 5) is 9.62. The highest BCUT2D eigenvalue weighted by Gasteiger charge is 2.11. The number of hydrogen-bond donors (Lipinski definition) is 2. The van der Waals surface area contributed by atoms with Gasteiger partial charge in [-0.15, -0.1) is 35.3 Å². The van der Waals surface area contributed by atoms with Crippen LogP contribution in [-0.4, -0.2) is 31.1 Å². The van der Waals surface area contributed by atoms with Gasteiger partial charge in [0.15, 0.2) is 5.96 Å². The van der Waals surface area contributed by atoms with Gasteiger partial charge in [-0.05, 0) is 25.1 Å². The van der Waals surface area contributed by atoms with Crippen LogP contribution < -0.4 is 15.4 Å². The van der Waals surface area contributed by atoms with Gasteiger partial charge < -0.3 is 15.4 Å². The molecule has 10 heteroatoms. The Morgan fingerprint density at radius 1 is 1.38 bits per heavy atom. The van der Waals surface area contributed by atoms with E-state index in [1.54, 1.807) is 30.5 Å². The number of benzene rings is 1. The summed E-state index contributed by atoms with van der Waals surface area (Å²) in [5.41, 5.74) is 0.605. The Hall–Kier alpha value is -1.01. The zero-order chi connectivity index (χ0) is 18.2. The zero-order valence-electron chi connectivity index (χ0n) is 14.3. The normalized spacial score (nSPS) is 11.2. The van der Waals surface area contributed by atoms with Crippen molar-refractivity contribution in [1.82, 2.24) is 15.6 Å². The quantitative estimate of drug-likeness (QED) is 0.300. The number of aryl methyl sites for hydroxylation is 1. The van der Waals surface area contributed by atoms with Gasteiger partial charge in [0.2, 0.25) is 0 Å². The molecule has 0 atom stereocenters. The minimum atomic E-state index is -2.86. The van der Waals surface area contributed by atoms with E-state index in [1.807, 2.05) is 13.1 Å². The van der Waals surface area contributed by atoms with Crippen LogP contribution in [0.25, 0.3) is 0 Å². The number of aromatic nitrogens is 1. The maximum Gasteiger partial charge on any atom is 0.387 e. The Kier molecular flexibility index (Phi) is 10.3. The van der Waals surface area contributed by atoms with E-state index in [-0.39, 0.29) is 29.7 Å².